The number of rotatable bonds is 6. The van der Waals surface area contributed by atoms with Crippen molar-refractivity contribution in [3.63, 3.8) is 0 Å². The number of hydrogen-bond acceptors (Lipinski definition) is 3. The summed E-state index contributed by atoms with van der Waals surface area (Å²) in [5.41, 5.74) is 0. The number of methoxy groups -OCH3 is 1. The Morgan fingerprint density at radius 1 is 1.61 bits per heavy atom. The number of carbonyl (C=O) groups is 1. The first-order valence-corrected chi connectivity index (χ1v) is 7.79. The van der Waals surface area contributed by atoms with E-state index in [-0.39, 0.29) is 5.91 Å². The summed E-state index contributed by atoms with van der Waals surface area (Å²) in [5, 5.41) is 0. The van der Waals surface area contributed by atoms with Gasteiger partial charge in [0.2, 0.25) is 0 Å². The highest BCUT2D eigenvalue weighted by atomic mass is 79.9. The highest BCUT2D eigenvalue weighted by Gasteiger charge is 2.34. The van der Waals surface area contributed by atoms with Crippen LogP contribution in [-0.4, -0.2) is 37.1 Å². The summed E-state index contributed by atoms with van der Waals surface area (Å²) >= 11 is 4.90. The molecule has 0 spiro atoms. The molecule has 0 aromatic carbocycles. The topological polar surface area (TPSA) is 29.5 Å². The number of halogens is 1. The van der Waals surface area contributed by atoms with Gasteiger partial charge in [0.1, 0.15) is 0 Å². The first-order valence-electron chi connectivity index (χ1n) is 6.18. The van der Waals surface area contributed by atoms with E-state index in [0.29, 0.717) is 25.1 Å². The highest BCUT2D eigenvalue weighted by Crippen LogP contribution is 2.36. The normalized spacial score (nSPS) is 16.6. The lowest BCUT2D eigenvalue weighted by atomic mass is 10.1. The molecule has 1 heterocycles. The number of thiophene rings is 1. The molecule has 1 saturated carbocycles. The Labute approximate surface area is 120 Å². The van der Waals surface area contributed by atoms with Crippen molar-refractivity contribution in [3.8, 4) is 0 Å². The predicted molar refractivity (Wildman–Crippen MR) is 77.1 cm³/mol. The van der Waals surface area contributed by atoms with Crippen LogP contribution in [0.15, 0.2) is 15.9 Å². The quantitative estimate of drug-likeness (QED) is 0.799. The summed E-state index contributed by atoms with van der Waals surface area (Å²) in [5.74, 6) is 0.802. The second-order valence-corrected chi connectivity index (χ2v) is 7.14. The zero-order valence-electron chi connectivity index (χ0n) is 10.7. The lowest BCUT2D eigenvalue weighted by Gasteiger charge is -2.28. The van der Waals surface area contributed by atoms with Gasteiger partial charge in [-0.3, -0.25) is 4.79 Å². The molecule has 0 bridgehead atoms. The lowest BCUT2D eigenvalue weighted by molar-refractivity contribution is 0.0599. The Morgan fingerprint density at radius 3 is 2.83 bits per heavy atom. The number of ether oxygens (including phenoxy) is 1. The molecule has 0 saturated heterocycles. The average molecular weight is 332 g/mol. The molecule has 5 heteroatoms. The van der Waals surface area contributed by atoms with Crippen molar-refractivity contribution in [1.29, 1.82) is 0 Å². The van der Waals surface area contributed by atoms with Crippen molar-refractivity contribution >= 4 is 33.2 Å². The van der Waals surface area contributed by atoms with E-state index in [0.717, 1.165) is 8.66 Å². The molecule has 1 aromatic rings. The monoisotopic (exact) mass is 331 g/mol. The van der Waals surface area contributed by atoms with Gasteiger partial charge in [-0.15, -0.1) is 11.3 Å². The zero-order chi connectivity index (χ0) is 13.1. The van der Waals surface area contributed by atoms with Gasteiger partial charge in [-0.2, -0.15) is 0 Å². The van der Waals surface area contributed by atoms with Crippen LogP contribution in [0, 0.1) is 5.92 Å². The van der Waals surface area contributed by atoms with Gasteiger partial charge in [-0.25, -0.2) is 0 Å². The molecule has 1 aliphatic rings. The van der Waals surface area contributed by atoms with Crippen LogP contribution >= 0.6 is 27.3 Å². The standard InChI is InChI=1S/C13H18BrNO2S/c1-9(10-3-4-10)15(7-8-17-2)13(16)11-5-6-12(14)18-11/h5-6,9-10H,3-4,7-8H2,1-2H3. The molecular formula is C13H18BrNO2S. The Kier molecular flexibility index (Phi) is 4.81. The summed E-state index contributed by atoms with van der Waals surface area (Å²) in [6.07, 6.45) is 2.48. The van der Waals surface area contributed by atoms with Crippen LogP contribution in [0.1, 0.15) is 29.4 Å². The maximum Gasteiger partial charge on any atom is 0.264 e. The zero-order valence-corrected chi connectivity index (χ0v) is 13.1. The van der Waals surface area contributed by atoms with Crippen LogP contribution in [0.3, 0.4) is 0 Å². The van der Waals surface area contributed by atoms with Crippen LogP contribution in [0.25, 0.3) is 0 Å². The van der Waals surface area contributed by atoms with Crippen LogP contribution in [0.4, 0.5) is 0 Å². The molecule has 1 aliphatic carbocycles. The Morgan fingerprint density at radius 2 is 2.33 bits per heavy atom. The van der Waals surface area contributed by atoms with Gasteiger partial charge in [-0.1, -0.05) is 0 Å². The maximum absolute atomic E-state index is 12.5. The fourth-order valence-electron chi connectivity index (χ4n) is 2.08. The fourth-order valence-corrected chi connectivity index (χ4v) is 3.43. The van der Waals surface area contributed by atoms with E-state index in [1.54, 1.807) is 7.11 Å². The molecule has 0 radical (unpaired) electrons. The molecule has 1 unspecified atom stereocenters. The lowest BCUT2D eigenvalue weighted by Crippen LogP contribution is -2.41. The van der Waals surface area contributed by atoms with Crippen LogP contribution < -0.4 is 0 Å². The minimum Gasteiger partial charge on any atom is -0.383 e. The summed E-state index contributed by atoms with van der Waals surface area (Å²) < 4.78 is 6.11. The summed E-state index contributed by atoms with van der Waals surface area (Å²) in [6.45, 7) is 3.41. The highest BCUT2D eigenvalue weighted by molar-refractivity contribution is 9.11. The third kappa shape index (κ3) is 3.33. The molecular weight excluding hydrogens is 314 g/mol. The van der Waals surface area contributed by atoms with Gasteiger partial charge in [0.15, 0.2) is 0 Å². The van der Waals surface area contributed by atoms with E-state index >= 15 is 0 Å². The Hall–Kier alpha value is -0.390. The molecule has 1 aromatic heterocycles. The second-order valence-electron chi connectivity index (χ2n) is 4.67. The third-order valence-electron chi connectivity index (χ3n) is 3.38. The number of nitrogens with zero attached hydrogens (tertiary/aromatic N) is 1. The predicted octanol–water partition coefficient (Wildman–Crippen LogP) is 3.40. The minimum atomic E-state index is 0.127. The van der Waals surface area contributed by atoms with Gasteiger partial charge in [0.05, 0.1) is 15.3 Å². The molecule has 1 fully saturated rings. The minimum absolute atomic E-state index is 0.127. The summed E-state index contributed by atoms with van der Waals surface area (Å²) in [7, 11) is 1.67. The maximum atomic E-state index is 12.5. The molecule has 0 N–H and O–H groups in total. The van der Waals surface area contributed by atoms with Gasteiger partial charge in [-0.05, 0) is 53.7 Å². The number of carbonyl (C=O) groups excluding carboxylic acids is 1. The van der Waals surface area contributed by atoms with Crippen molar-refractivity contribution in [3.05, 3.63) is 20.8 Å². The first kappa shape index (κ1) is 14.0. The Bertz CT molecular complexity index is 417. The smallest absolute Gasteiger partial charge is 0.264 e. The average Bonchev–Trinajstić information content (AvgIpc) is 3.11. The van der Waals surface area contributed by atoms with Crippen molar-refractivity contribution < 1.29 is 9.53 Å². The van der Waals surface area contributed by atoms with Gasteiger partial charge in [0, 0.05) is 19.7 Å². The molecule has 100 valence electrons. The van der Waals surface area contributed by atoms with Crippen molar-refractivity contribution in [2.75, 3.05) is 20.3 Å². The third-order valence-corrected chi connectivity index (χ3v) is 4.99. The Balaban J connectivity index is 2.09. The van der Waals surface area contributed by atoms with E-state index in [9.17, 15) is 4.79 Å². The molecule has 2 rings (SSSR count). The van der Waals surface area contributed by atoms with E-state index in [1.807, 2.05) is 17.0 Å². The van der Waals surface area contributed by atoms with Crippen LogP contribution in [0.5, 0.6) is 0 Å². The molecule has 0 aliphatic heterocycles. The first-order chi connectivity index (χ1) is 8.63. The van der Waals surface area contributed by atoms with Gasteiger partial charge < -0.3 is 9.64 Å². The van der Waals surface area contributed by atoms with Crippen molar-refractivity contribution in [2.24, 2.45) is 5.92 Å². The molecule has 1 amide bonds. The SMILES string of the molecule is COCCN(C(=O)c1ccc(Br)s1)C(C)C1CC1. The largest absolute Gasteiger partial charge is 0.383 e. The van der Waals surface area contributed by atoms with Crippen LogP contribution in [0.2, 0.25) is 0 Å². The van der Waals surface area contributed by atoms with E-state index < -0.39 is 0 Å². The van der Waals surface area contributed by atoms with Gasteiger partial charge in [0.25, 0.3) is 5.91 Å². The second kappa shape index (κ2) is 6.17. The van der Waals surface area contributed by atoms with E-state index in [2.05, 4.69) is 22.9 Å². The fraction of sp³-hybridized carbons (Fsp3) is 0.615. The van der Waals surface area contributed by atoms with Crippen molar-refractivity contribution in [1.82, 2.24) is 4.90 Å². The van der Waals surface area contributed by atoms with Crippen LogP contribution in [-0.2, 0) is 4.74 Å². The molecule has 1 atom stereocenters. The molecule has 18 heavy (non-hydrogen) atoms. The molecule has 3 nitrogen and oxygen atoms in total. The number of hydrogen-bond donors (Lipinski definition) is 0. The van der Waals surface area contributed by atoms with E-state index in [1.165, 1.54) is 24.2 Å². The van der Waals surface area contributed by atoms with Gasteiger partial charge >= 0.3 is 0 Å². The number of amides is 1. The summed E-state index contributed by atoms with van der Waals surface area (Å²) in [4.78, 5) is 15.3. The van der Waals surface area contributed by atoms with Crippen molar-refractivity contribution in [2.45, 2.75) is 25.8 Å². The summed E-state index contributed by atoms with van der Waals surface area (Å²) in [6, 6.07) is 4.12. The van der Waals surface area contributed by atoms with E-state index in [4.69, 9.17) is 4.74 Å².